The number of carboxylic acids is 1. The van der Waals surface area contributed by atoms with E-state index in [9.17, 15) is 27.9 Å². The van der Waals surface area contributed by atoms with Crippen LogP contribution in [0.4, 0.5) is 0 Å². The van der Waals surface area contributed by atoms with Crippen LogP contribution in [0.15, 0.2) is 54.6 Å². The molecule has 1 atom stereocenters. The molecule has 0 bridgehead atoms. The third kappa shape index (κ3) is 6.07. The molecule has 9 nitrogen and oxygen atoms in total. The molecular weight excluding hydrogens is 462 g/mol. The number of benzene rings is 2. The summed E-state index contributed by atoms with van der Waals surface area (Å²) in [6, 6.07) is 15.4. The zero-order chi connectivity index (χ0) is 24.9. The number of imide groups is 1. The van der Waals surface area contributed by atoms with Gasteiger partial charge in [-0.05, 0) is 24.1 Å². The number of hydrogen-bond donors (Lipinski definition) is 1. The number of fused-ring (bicyclic) bond motifs is 1. The molecule has 1 aliphatic heterocycles. The molecule has 0 saturated heterocycles. The van der Waals surface area contributed by atoms with Gasteiger partial charge in [-0.2, -0.15) is 8.42 Å². The van der Waals surface area contributed by atoms with Gasteiger partial charge in [0, 0.05) is 12.0 Å². The van der Waals surface area contributed by atoms with E-state index in [4.69, 9.17) is 8.92 Å². The molecular formula is C24H27NO8S. The molecule has 0 fully saturated rings. The molecule has 10 heteroatoms. The molecule has 3 rings (SSSR count). The summed E-state index contributed by atoms with van der Waals surface area (Å²) >= 11 is 0. The highest BCUT2D eigenvalue weighted by molar-refractivity contribution is 7.86. The smallest absolute Gasteiger partial charge is 0.333 e. The summed E-state index contributed by atoms with van der Waals surface area (Å²) in [5.41, 5.74) is 0.217. The van der Waals surface area contributed by atoms with Crippen molar-refractivity contribution < 1.29 is 36.8 Å². The zero-order valence-corrected chi connectivity index (χ0v) is 19.8. The maximum atomic E-state index is 12.4. The minimum absolute atomic E-state index is 0.0128. The summed E-state index contributed by atoms with van der Waals surface area (Å²) < 4.78 is 35.5. The second-order valence-corrected chi connectivity index (χ2v) is 10.4. The van der Waals surface area contributed by atoms with Gasteiger partial charge in [0.05, 0.1) is 30.1 Å². The number of carboxylic acid groups (broad SMARTS) is 1. The minimum atomic E-state index is -4.03. The summed E-state index contributed by atoms with van der Waals surface area (Å²) in [7, 11) is -4.03. The Morgan fingerprint density at radius 1 is 1.00 bits per heavy atom. The van der Waals surface area contributed by atoms with Crippen LogP contribution in [0.5, 0.6) is 0 Å². The van der Waals surface area contributed by atoms with Gasteiger partial charge in [0.1, 0.15) is 0 Å². The molecule has 1 heterocycles. The van der Waals surface area contributed by atoms with Crippen LogP contribution in [-0.2, 0) is 30.4 Å². The maximum absolute atomic E-state index is 12.4. The molecule has 1 aliphatic rings. The third-order valence-electron chi connectivity index (χ3n) is 5.46. The Hall–Kier alpha value is -3.08. The van der Waals surface area contributed by atoms with Crippen molar-refractivity contribution >= 4 is 27.9 Å². The SMILES string of the molecule is CC(C)(COS(=O)(=O)CCCN1C(=O)c2ccccc2C1=O)[C@@H](OCc1ccccc1)C(=O)O. The van der Waals surface area contributed by atoms with E-state index in [0.29, 0.717) is 11.1 Å². The van der Waals surface area contributed by atoms with Crippen molar-refractivity contribution in [3.63, 3.8) is 0 Å². The van der Waals surface area contributed by atoms with Gasteiger partial charge >= 0.3 is 5.97 Å². The van der Waals surface area contributed by atoms with E-state index in [1.807, 2.05) is 6.07 Å². The van der Waals surface area contributed by atoms with E-state index in [1.165, 1.54) is 0 Å². The van der Waals surface area contributed by atoms with Crippen LogP contribution in [0.1, 0.15) is 46.5 Å². The van der Waals surface area contributed by atoms with Crippen LogP contribution >= 0.6 is 0 Å². The van der Waals surface area contributed by atoms with Gasteiger partial charge in [-0.1, -0.05) is 56.3 Å². The largest absolute Gasteiger partial charge is 0.479 e. The molecule has 0 unspecified atom stereocenters. The third-order valence-corrected chi connectivity index (χ3v) is 6.72. The maximum Gasteiger partial charge on any atom is 0.333 e. The van der Waals surface area contributed by atoms with Gasteiger partial charge in [-0.3, -0.25) is 18.7 Å². The average Bonchev–Trinajstić information content (AvgIpc) is 3.03. The van der Waals surface area contributed by atoms with E-state index >= 15 is 0 Å². The van der Waals surface area contributed by atoms with Gasteiger partial charge in [0.25, 0.3) is 21.9 Å². The first-order valence-corrected chi connectivity index (χ1v) is 12.3. The fourth-order valence-corrected chi connectivity index (χ4v) is 4.69. The molecule has 0 spiro atoms. The molecule has 2 aromatic rings. The molecule has 1 N–H and O–H groups in total. The van der Waals surface area contributed by atoms with E-state index in [2.05, 4.69) is 0 Å². The lowest BCUT2D eigenvalue weighted by atomic mass is 9.87. The summed E-state index contributed by atoms with van der Waals surface area (Å²) in [6.07, 6.45) is -1.32. The fraction of sp³-hybridized carbons (Fsp3) is 0.375. The second-order valence-electron chi connectivity index (χ2n) is 8.69. The Kier molecular flexibility index (Phi) is 7.86. The molecule has 182 valence electrons. The lowest BCUT2D eigenvalue weighted by Crippen LogP contribution is -2.42. The molecule has 0 saturated carbocycles. The van der Waals surface area contributed by atoms with E-state index in [1.54, 1.807) is 62.4 Å². The van der Waals surface area contributed by atoms with Crippen LogP contribution in [-0.4, -0.2) is 61.2 Å². The first-order chi connectivity index (χ1) is 16.0. The van der Waals surface area contributed by atoms with Crippen molar-refractivity contribution in [2.24, 2.45) is 5.41 Å². The molecule has 0 aliphatic carbocycles. The Morgan fingerprint density at radius 3 is 2.12 bits per heavy atom. The van der Waals surface area contributed by atoms with Gasteiger partial charge in [-0.15, -0.1) is 0 Å². The topological polar surface area (TPSA) is 127 Å². The fourth-order valence-electron chi connectivity index (χ4n) is 3.60. The van der Waals surface area contributed by atoms with Gasteiger partial charge < -0.3 is 9.84 Å². The summed E-state index contributed by atoms with van der Waals surface area (Å²) in [5.74, 6) is -2.58. The number of nitrogens with zero attached hydrogens (tertiary/aromatic N) is 1. The molecule has 0 aromatic heterocycles. The van der Waals surface area contributed by atoms with Crippen molar-refractivity contribution in [2.75, 3.05) is 18.9 Å². The van der Waals surface area contributed by atoms with Crippen molar-refractivity contribution in [2.45, 2.75) is 33.0 Å². The standard InChI is InChI=1S/C24H27NO8S/c1-24(2,20(23(28)29)32-15-17-9-4-3-5-10-17)16-33-34(30,31)14-8-13-25-21(26)18-11-6-7-12-19(18)22(25)27/h3-7,9-12,20H,8,13-16H2,1-2H3,(H,28,29)/t20-/m0/s1. The number of hydrogen-bond acceptors (Lipinski definition) is 7. The predicted octanol–water partition coefficient (Wildman–Crippen LogP) is 2.72. The normalized spacial score (nSPS) is 14.8. The lowest BCUT2D eigenvalue weighted by molar-refractivity contribution is -0.162. The van der Waals surface area contributed by atoms with Crippen molar-refractivity contribution in [3.05, 3.63) is 71.3 Å². The average molecular weight is 490 g/mol. The second kappa shape index (κ2) is 10.5. The first kappa shape index (κ1) is 25.5. The van der Waals surface area contributed by atoms with Crippen LogP contribution in [0.3, 0.4) is 0 Å². The summed E-state index contributed by atoms with van der Waals surface area (Å²) in [4.78, 5) is 37.5. The van der Waals surface area contributed by atoms with E-state index < -0.39 is 51.8 Å². The Morgan fingerprint density at radius 2 is 1.56 bits per heavy atom. The molecule has 2 amide bonds. The molecule has 34 heavy (non-hydrogen) atoms. The summed E-state index contributed by atoms with van der Waals surface area (Å²) in [5, 5.41) is 9.60. The Balaban J connectivity index is 1.52. The Bertz CT molecular complexity index is 1130. The number of aliphatic carboxylic acids is 1. The van der Waals surface area contributed by atoms with Crippen molar-refractivity contribution in [1.29, 1.82) is 0 Å². The number of amides is 2. The molecule has 2 aromatic carbocycles. The highest BCUT2D eigenvalue weighted by atomic mass is 32.2. The van der Waals surface area contributed by atoms with Crippen LogP contribution in [0.2, 0.25) is 0 Å². The summed E-state index contributed by atoms with van der Waals surface area (Å²) in [6.45, 7) is 2.66. The molecule has 0 radical (unpaired) electrons. The van der Waals surface area contributed by atoms with E-state index in [0.717, 1.165) is 10.5 Å². The lowest BCUT2D eigenvalue weighted by Gasteiger charge is -2.30. The highest BCUT2D eigenvalue weighted by Gasteiger charge is 2.38. The van der Waals surface area contributed by atoms with Crippen LogP contribution in [0.25, 0.3) is 0 Å². The quantitative estimate of drug-likeness (QED) is 0.356. The van der Waals surface area contributed by atoms with E-state index in [-0.39, 0.29) is 19.6 Å². The number of carbonyl (C=O) groups is 3. The van der Waals surface area contributed by atoms with Gasteiger partial charge in [-0.25, -0.2) is 4.79 Å². The van der Waals surface area contributed by atoms with Crippen molar-refractivity contribution in [3.8, 4) is 0 Å². The number of ether oxygens (including phenoxy) is 1. The van der Waals surface area contributed by atoms with Crippen molar-refractivity contribution in [1.82, 2.24) is 4.90 Å². The van der Waals surface area contributed by atoms with Gasteiger partial charge in [0.15, 0.2) is 6.10 Å². The number of rotatable bonds is 12. The van der Waals surface area contributed by atoms with Gasteiger partial charge in [0.2, 0.25) is 0 Å². The number of carbonyl (C=O) groups excluding carboxylic acids is 2. The predicted molar refractivity (Wildman–Crippen MR) is 123 cm³/mol. The zero-order valence-electron chi connectivity index (χ0n) is 19.0. The van der Waals surface area contributed by atoms with Crippen LogP contribution in [0, 0.1) is 5.41 Å². The Labute approximate surface area is 198 Å². The minimum Gasteiger partial charge on any atom is -0.479 e. The monoisotopic (exact) mass is 489 g/mol. The highest BCUT2D eigenvalue weighted by Crippen LogP contribution is 2.27. The van der Waals surface area contributed by atoms with Crippen LogP contribution < -0.4 is 0 Å². The first-order valence-electron chi connectivity index (χ1n) is 10.7.